The van der Waals surface area contributed by atoms with Crippen LogP contribution in [0.5, 0.6) is 0 Å². The first kappa shape index (κ1) is 16.7. The second-order valence-electron chi connectivity index (χ2n) is 9.85. The van der Waals surface area contributed by atoms with Crippen LogP contribution in [0.1, 0.15) is 80.0 Å². The van der Waals surface area contributed by atoms with Crippen LogP contribution in [0, 0.1) is 34.5 Å². The van der Waals surface area contributed by atoms with Gasteiger partial charge in [-0.25, -0.2) is 0 Å². The molecule has 3 fully saturated rings. The van der Waals surface area contributed by atoms with Gasteiger partial charge in [0, 0.05) is 1.43 Å². The summed E-state index contributed by atoms with van der Waals surface area (Å²) in [5.41, 5.74) is 5.68. The van der Waals surface area contributed by atoms with E-state index in [1.54, 1.807) is 5.57 Å². The lowest BCUT2D eigenvalue weighted by Crippen LogP contribution is -2.50. The average molecular weight is 327 g/mol. The first-order chi connectivity index (χ1) is 11.4. The highest BCUT2D eigenvalue weighted by Gasteiger charge is 2.58. The molecule has 0 bridgehead atoms. The van der Waals surface area contributed by atoms with E-state index in [1.165, 1.54) is 68.9 Å². The van der Waals surface area contributed by atoms with E-state index in [9.17, 15) is 0 Å². The van der Waals surface area contributed by atoms with Gasteiger partial charge in [0.2, 0.25) is 0 Å². The molecule has 0 heteroatoms. The molecule has 4 aliphatic rings. The summed E-state index contributed by atoms with van der Waals surface area (Å²) in [6.07, 6.45) is 14.8. The van der Waals surface area contributed by atoms with Crippen LogP contribution in [0.2, 0.25) is 0 Å². The smallest absolute Gasteiger partial charge is 0 e. The highest BCUT2D eigenvalue weighted by Crippen LogP contribution is 2.67. The molecule has 0 heterocycles. The number of rotatable bonds is 2. The van der Waals surface area contributed by atoms with Crippen molar-refractivity contribution in [2.24, 2.45) is 34.5 Å². The van der Waals surface area contributed by atoms with Gasteiger partial charge in [-0.2, -0.15) is 0 Å². The van der Waals surface area contributed by atoms with E-state index >= 15 is 0 Å². The summed E-state index contributed by atoms with van der Waals surface area (Å²) in [6, 6.07) is 0. The van der Waals surface area contributed by atoms with Gasteiger partial charge in [0.1, 0.15) is 0 Å². The Morgan fingerprint density at radius 1 is 1.12 bits per heavy atom. The van der Waals surface area contributed by atoms with Crippen LogP contribution in [0.15, 0.2) is 36.0 Å². The number of allylic oxidation sites excluding steroid dienone is 4. The fourth-order valence-corrected chi connectivity index (χ4v) is 7.57. The minimum absolute atomic E-state index is 0. The summed E-state index contributed by atoms with van der Waals surface area (Å²) in [4.78, 5) is 0. The molecule has 0 aromatic rings. The minimum atomic E-state index is 0. The van der Waals surface area contributed by atoms with Gasteiger partial charge in [0.15, 0.2) is 0 Å². The van der Waals surface area contributed by atoms with E-state index in [0.29, 0.717) is 10.8 Å². The van der Waals surface area contributed by atoms with Crippen LogP contribution in [0.3, 0.4) is 0 Å². The van der Waals surface area contributed by atoms with Crippen molar-refractivity contribution in [3.63, 3.8) is 0 Å². The zero-order valence-corrected chi connectivity index (χ0v) is 16.2. The van der Waals surface area contributed by atoms with Gasteiger partial charge in [-0.1, -0.05) is 56.7 Å². The molecule has 0 aromatic carbocycles. The zero-order chi connectivity index (χ0) is 17.1. The molecule has 0 aliphatic heterocycles. The lowest BCUT2D eigenvalue weighted by atomic mass is 9.46. The van der Waals surface area contributed by atoms with E-state index in [0.717, 1.165) is 23.7 Å². The zero-order valence-electron chi connectivity index (χ0n) is 16.2. The SMILES string of the molecule is C=C1C=C2CCC3C(CCC4(C)C(C(=C)CC)CCC34)C2(C)CC1.[HH]. The summed E-state index contributed by atoms with van der Waals surface area (Å²) in [5.74, 6) is 3.64. The van der Waals surface area contributed by atoms with Crippen molar-refractivity contribution in [2.45, 2.75) is 78.6 Å². The van der Waals surface area contributed by atoms with E-state index in [-0.39, 0.29) is 1.43 Å². The monoisotopic (exact) mass is 326 g/mol. The van der Waals surface area contributed by atoms with E-state index in [4.69, 9.17) is 0 Å². The Morgan fingerprint density at radius 2 is 1.92 bits per heavy atom. The Bertz CT molecular complexity index is 599. The van der Waals surface area contributed by atoms with Gasteiger partial charge in [-0.05, 0) is 92.3 Å². The molecule has 0 saturated heterocycles. The maximum atomic E-state index is 4.46. The molecule has 4 aliphatic carbocycles. The van der Waals surface area contributed by atoms with Gasteiger partial charge >= 0.3 is 0 Å². The third-order valence-corrected chi connectivity index (χ3v) is 9.03. The van der Waals surface area contributed by atoms with Crippen molar-refractivity contribution < 1.29 is 1.43 Å². The fourth-order valence-electron chi connectivity index (χ4n) is 7.57. The lowest BCUT2D eigenvalue weighted by molar-refractivity contribution is -0.0453. The summed E-state index contributed by atoms with van der Waals surface area (Å²) in [6.45, 7) is 16.3. The van der Waals surface area contributed by atoms with Crippen molar-refractivity contribution in [3.8, 4) is 0 Å². The number of hydrogen-bond donors (Lipinski definition) is 0. The maximum absolute atomic E-state index is 4.46. The predicted octanol–water partition coefficient (Wildman–Crippen LogP) is 7.33. The highest BCUT2D eigenvalue weighted by atomic mass is 14.6. The summed E-state index contributed by atoms with van der Waals surface area (Å²) in [5, 5.41) is 0. The minimum Gasteiger partial charge on any atom is -0.0996 e. The van der Waals surface area contributed by atoms with E-state index in [2.05, 4.69) is 40.0 Å². The van der Waals surface area contributed by atoms with Crippen molar-refractivity contribution in [2.75, 3.05) is 0 Å². The van der Waals surface area contributed by atoms with Crippen molar-refractivity contribution in [1.82, 2.24) is 0 Å². The Hall–Kier alpha value is -0.780. The van der Waals surface area contributed by atoms with Gasteiger partial charge in [-0.15, -0.1) is 0 Å². The van der Waals surface area contributed by atoms with Crippen molar-refractivity contribution in [3.05, 3.63) is 36.0 Å². The Kier molecular flexibility index (Phi) is 3.90. The van der Waals surface area contributed by atoms with Gasteiger partial charge in [0.05, 0.1) is 0 Å². The summed E-state index contributed by atoms with van der Waals surface area (Å²) in [7, 11) is 0. The number of fused-ring (bicyclic) bond motifs is 5. The first-order valence-corrected chi connectivity index (χ1v) is 10.5. The molecule has 0 N–H and O–H groups in total. The molecular formula is C24H38. The Balaban J connectivity index is 0.00000182. The fraction of sp³-hybridized carbons (Fsp3) is 0.750. The molecule has 0 amide bonds. The predicted molar refractivity (Wildman–Crippen MR) is 106 cm³/mol. The molecule has 24 heavy (non-hydrogen) atoms. The molecule has 6 atom stereocenters. The third-order valence-electron chi connectivity index (χ3n) is 9.03. The van der Waals surface area contributed by atoms with Crippen LogP contribution in [-0.4, -0.2) is 0 Å². The third kappa shape index (κ3) is 2.17. The van der Waals surface area contributed by atoms with E-state index in [1.807, 2.05) is 0 Å². The molecule has 134 valence electrons. The lowest BCUT2D eigenvalue weighted by Gasteiger charge is -2.58. The summed E-state index contributed by atoms with van der Waals surface area (Å²) >= 11 is 0. The quantitative estimate of drug-likeness (QED) is 0.466. The molecule has 0 spiro atoms. The van der Waals surface area contributed by atoms with Gasteiger partial charge < -0.3 is 0 Å². The Morgan fingerprint density at radius 3 is 2.67 bits per heavy atom. The summed E-state index contributed by atoms with van der Waals surface area (Å²) < 4.78 is 0. The van der Waals surface area contributed by atoms with Crippen molar-refractivity contribution in [1.29, 1.82) is 0 Å². The van der Waals surface area contributed by atoms with Crippen LogP contribution in [-0.2, 0) is 0 Å². The molecular weight excluding hydrogens is 288 g/mol. The van der Waals surface area contributed by atoms with Crippen LogP contribution >= 0.6 is 0 Å². The van der Waals surface area contributed by atoms with Crippen molar-refractivity contribution >= 4 is 0 Å². The van der Waals surface area contributed by atoms with Crippen LogP contribution in [0.25, 0.3) is 0 Å². The molecule has 6 unspecified atom stereocenters. The molecule has 4 rings (SSSR count). The maximum Gasteiger partial charge on any atom is 0 e. The van der Waals surface area contributed by atoms with Crippen LogP contribution < -0.4 is 0 Å². The largest absolute Gasteiger partial charge is 0.0996 e. The second-order valence-corrected chi connectivity index (χ2v) is 9.85. The first-order valence-electron chi connectivity index (χ1n) is 10.5. The van der Waals surface area contributed by atoms with E-state index < -0.39 is 0 Å². The molecule has 0 aromatic heterocycles. The second kappa shape index (κ2) is 5.61. The standard InChI is InChI=1S/C24H36.H2/c1-6-17(3)20-9-10-21-19-8-7-18-15-16(2)11-13-23(18,4)22(19)12-14-24(20,21)5;/h15,19-22H,2-3,6-14H2,1,4-5H3;1H. The molecule has 3 saturated carbocycles. The average Bonchev–Trinajstić information content (AvgIpc) is 2.92. The normalized spacial score (nSPS) is 47.5. The highest BCUT2D eigenvalue weighted by molar-refractivity contribution is 5.33. The Labute approximate surface area is 151 Å². The van der Waals surface area contributed by atoms with Gasteiger partial charge in [-0.3, -0.25) is 0 Å². The number of hydrogen-bond acceptors (Lipinski definition) is 0. The topological polar surface area (TPSA) is 0 Å². The van der Waals surface area contributed by atoms with Crippen LogP contribution in [0.4, 0.5) is 0 Å². The molecule has 0 nitrogen and oxygen atoms in total. The van der Waals surface area contributed by atoms with Gasteiger partial charge in [0.25, 0.3) is 0 Å². The molecule has 0 radical (unpaired) electrons.